The van der Waals surface area contributed by atoms with E-state index in [1.165, 1.54) is 11.3 Å². The van der Waals surface area contributed by atoms with Gasteiger partial charge in [-0.2, -0.15) is 0 Å². The van der Waals surface area contributed by atoms with Crippen molar-refractivity contribution in [2.24, 2.45) is 17.8 Å². The normalized spacial score (nSPS) is 22.8. The van der Waals surface area contributed by atoms with E-state index in [2.05, 4.69) is 20.8 Å². The van der Waals surface area contributed by atoms with Gasteiger partial charge in [-0.3, -0.25) is 0 Å². The summed E-state index contributed by atoms with van der Waals surface area (Å²) in [6.07, 6.45) is 2.99. The van der Waals surface area contributed by atoms with E-state index >= 15 is 0 Å². The predicted molar refractivity (Wildman–Crippen MR) is 108 cm³/mol. The highest BCUT2D eigenvalue weighted by Crippen LogP contribution is 2.36. The number of hydrogen-bond acceptors (Lipinski definition) is 5. The van der Waals surface area contributed by atoms with Crippen LogP contribution in [0.2, 0.25) is 5.02 Å². The van der Waals surface area contributed by atoms with Crippen LogP contribution in [0.15, 0.2) is 24.3 Å². The average Bonchev–Trinajstić information content (AvgIpc) is 2.97. The number of halogens is 1. The second-order valence-corrected chi connectivity index (χ2v) is 9.10. The molecule has 4 nitrogen and oxygen atoms in total. The summed E-state index contributed by atoms with van der Waals surface area (Å²) in [6, 6.07) is 7.50. The van der Waals surface area contributed by atoms with Gasteiger partial charge >= 0.3 is 11.9 Å². The third kappa shape index (κ3) is 4.64. The van der Waals surface area contributed by atoms with Gasteiger partial charge in [0.1, 0.15) is 11.0 Å². The van der Waals surface area contributed by atoms with Gasteiger partial charge in [0.25, 0.3) is 0 Å². The van der Waals surface area contributed by atoms with Crippen LogP contribution in [0.25, 0.3) is 10.1 Å². The Balaban J connectivity index is 1.59. The molecule has 6 heteroatoms. The van der Waals surface area contributed by atoms with Crippen LogP contribution in [0.1, 0.15) is 49.7 Å². The molecule has 1 aromatic heterocycles. The van der Waals surface area contributed by atoms with Gasteiger partial charge in [-0.15, -0.1) is 11.3 Å². The van der Waals surface area contributed by atoms with Crippen LogP contribution in [-0.4, -0.2) is 24.6 Å². The Bertz CT molecular complexity index is 829. The van der Waals surface area contributed by atoms with Gasteiger partial charge < -0.3 is 9.47 Å². The van der Waals surface area contributed by atoms with Gasteiger partial charge in [-0.05, 0) is 36.7 Å². The molecule has 0 bridgehead atoms. The molecule has 1 heterocycles. The molecule has 0 spiro atoms. The molecule has 1 aliphatic rings. The van der Waals surface area contributed by atoms with Gasteiger partial charge in [0.05, 0.1) is 5.02 Å². The lowest BCUT2D eigenvalue weighted by Gasteiger charge is -2.36. The number of carbonyl (C=O) groups is 2. The average molecular weight is 409 g/mol. The van der Waals surface area contributed by atoms with E-state index < -0.39 is 11.9 Å². The Morgan fingerprint density at radius 1 is 1.26 bits per heavy atom. The van der Waals surface area contributed by atoms with Crippen molar-refractivity contribution >= 4 is 45.0 Å². The minimum Gasteiger partial charge on any atom is -0.460 e. The smallest absolute Gasteiger partial charge is 0.350 e. The number of ether oxygens (including phenoxy) is 2. The maximum atomic E-state index is 12.4. The topological polar surface area (TPSA) is 52.6 Å². The summed E-state index contributed by atoms with van der Waals surface area (Å²) in [7, 11) is 0. The molecule has 1 fully saturated rings. The molecule has 0 N–H and O–H groups in total. The number of benzene rings is 1. The van der Waals surface area contributed by atoms with Crippen molar-refractivity contribution < 1.29 is 19.1 Å². The molecule has 0 radical (unpaired) electrons. The first kappa shape index (κ1) is 20.2. The summed E-state index contributed by atoms with van der Waals surface area (Å²) >= 11 is 7.55. The zero-order valence-corrected chi connectivity index (χ0v) is 17.4. The van der Waals surface area contributed by atoms with E-state index in [0.717, 1.165) is 29.3 Å². The largest absolute Gasteiger partial charge is 0.460 e. The number of thiophene rings is 1. The van der Waals surface area contributed by atoms with Crippen LogP contribution in [0.4, 0.5) is 0 Å². The lowest BCUT2D eigenvalue weighted by atomic mass is 9.75. The molecule has 1 aromatic carbocycles. The summed E-state index contributed by atoms with van der Waals surface area (Å²) in [4.78, 5) is 24.9. The van der Waals surface area contributed by atoms with E-state index in [0.29, 0.717) is 27.7 Å². The van der Waals surface area contributed by atoms with E-state index in [4.69, 9.17) is 21.1 Å². The van der Waals surface area contributed by atoms with Crippen LogP contribution in [0, 0.1) is 17.8 Å². The molecule has 3 atom stereocenters. The third-order valence-electron chi connectivity index (χ3n) is 5.29. The first-order valence-electron chi connectivity index (χ1n) is 9.40. The molecule has 3 rings (SSSR count). The molecule has 0 unspecified atom stereocenters. The van der Waals surface area contributed by atoms with E-state index in [1.807, 2.05) is 24.3 Å². The van der Waals surface area contributed by atoms with Gasteiger partial charge in [-0.1, -0.05) is 57.0 Å². The van der Waals surface area contributed by atoms with Crippen molar-refractivity contribution in [3.8, 4) is 0 Å². The van der Waals surface area contributed by atoms with Crippen molar-refractivity contribution in [1.29, 1.82) is 0 Å². The minimum atomic E-state index is -0.587. The highest BCUT2D eigenvalue weighted by atomic mass is 35.5. The quantitative estimate of drug-likeness (QED) is 0.594. The number of carbonyl (C=O) groups excluding carboxylic acids is 2. The molecule has 0 saturated heterocycles. The van der Waals surface area contributed by atoms with Crippen molar-refractivity contribution in [3.05, 3.63) is 34.2 Å². The fourth-order valence-electron chi connectivity index (χ4n) is 3.79. The molecule has 1 aliphatic carbocycles. The van der Waals surface area contributed by atoms with Crippen LogP contribution in [0.3, 0.4) is 0 Å². The maximum Gasteiger partial charge on any atom is 0.350 e. The Morgan fingerprint density at radius 2 is 2.00 bits per heavy atom. The summed E-state index contributed by atoms with van der Waals surface area (Å²) in [5.41, 5.74) is 0. The molecule has 1 saturated carbocycles. The lowest BCUT2D eigenvalue weighted by Crippen LogP contribution is -2.36. The lowest BCUT2D eigenvalue weighted by molar-refractivity contribution is -0.159. The molecule has 0 aliphatic heterocycles. The Labute approximate surface area is 168 Å². The van der Waals surface area contributed by atoms with Crippen molar-refractivity contribution in [1.82, 2.24) is 0 Å². The summed E-state index contributed by atoms with van der Waals surface area (Å²) in [5.74, 6) is 0.270. The molecular weight excluding hydrogens is 384 g/mol. The number of rotatable bonds is 5. The molecule has 27 heavy (non-hydrogen) atoms. The highest BCUT2D eigenvalue weighted by Gasteiger charge is 2.33. The van der Waals surface area contributed by atoms with Gasteiger partial charge in [0.15, 0.2) is 6.61 Å². The standard InChI is InChI=1S/C21H25ClO4S/c1-12(2)14-9-8-13(3)10-16(14)26-18(23)11-25-21(24)20-19(22)15-6-4-5-7-17(15)27-20/h4-7,12-14,16H,8-11H2,1-3H3/t13-,14-,16+/m1/s1. The highest BCUT2D eigenvalue weighted by molar-refractivity contribution is 7.21. The fraction of sp³-hybridized carbons (Fsp3) is 0.524. The molecule has 2 aromatic rings. The van der Waals surface area contributed by atoms with Gasteiger partial charge in [0, 0.05) is 10.1 Å². The number of esters is 2. The summed E-state index contributed by atoms with van der Waals surface area (Å²) in [6.45, 7) is 6.11. The Hall–Kier alpha value is -1.59. The summed E-state index contributed by atoms with van der Waals surface area (Å²) in [5, 5.41) is 1.18. The fourth-order valence-corrected chi connectivity index (χ4v) is 5.19. The molecule has 146 valence electrons. The number of hydrogen-bond donors (Lipinski definition) is 0. The Kier molecular flexibility index (Phi) is 6.43. The van der Waals surface area contributed by atoms with Gasteiger partial charge in [0.2, 0.25) is 0 Å². The second kappa shape index (κ2) is 8.61. The maximum absolute atomic E-state index is 12.4. The van der Waals surface area contributed by atoms with Crippen molar-refractivity contribution in [2.45, 2.75) is 46.1 Å². The number of fused-ring (bicyclic) bond motifs is 1. The summed E-state index contributed by atoms with van der Waals surface area (Å²) < 4.78 is 11.8. The predicted octanol–water partition coefficient (Wildman–Crippen LogP) is 5.72. The van der Waals surface area contributed by atoms with Gasteiger partial charge in [-0.25, -0.2) is 9.59 Å². The zero-order valence-electron chi connectivity index (χ0n) is 15.9. The first-order chi connectivity index (χ1) is 12.9. The van der Waals surface area contributed by atoms with E-state index in [1.54, 1.807) is 0 Å². The third-order valence-corrected chi connectivity index (χ3v) is 6.94. The Morgan fingerprint density at radius 3 is 2.70 bits per heavy atom. The van der Waals surface area contributed by atoms with Crippen molar-refractivity contribution in [3.63, 3.8) is 0 Å². The monoisotopic (exact) mass is 408 g/mol. The van der Waals surface area contributed by atoms with E-state index in [9.17, 15) is 9.59 Å². The van der Waals surface area contributed by atoms with Crippen LogP contribution in [0.5, 0.6) is 0 Å². The van der Waals surface area contributed by atoms with Crippen LogP contribution in [-0.2, 0) is 14.3 Å². The van der Waals surface area contributed by atoms with E-state index in [-0.39, 0.29) is 12.7 Å². The van der Waals surface area contributed by atoms with Crippen molar-refractivity contribution in [2.75, 3.05) is 6.61 Å². The van der Waals surface area contributed by atoms with Crippen LogP contribution < -0.4 is 0 Å². The molecule has 0 amide bonds. The second-order valence-electron chi connectivity index (χ2n) is 7.67. The first-order valence-corrected chi connectivity index (χ1v) is 10.6. The van der Waals surface area contributed by atoms with Crippen LogP contribution >= 0.6 is 22.9 Å². The zero-order chi connectivity index (χ0) is 19.6. The SMILES string of the molecule is CC(C)[C@H]1CC[C@@H](C)C[C@@H]1OC(=O)COC(=O)c1sc2ccccc2c1Cl. The molecular formula is C21H25ClO4S. The minimum absolute atomic E-state index is 0.104.